The summed E-state index contributed by atoms with van der Waals surface area (Å²) in [4.78, 5) is 11.0. The minimum absolute atomic E-state index is 0. The van der Waals surface area contributed by atoms with E-state index in [-0.39, 0.29) is 24.0 Å². The molecule has 2 heterocycles. The van der Waals surface area contributed by atoms with Gasteiger partial charge in [-0.15, -0.1) is 24.0 Å². The number of hydrogen-bond acceptors (Lipinski definition) is 4. The van der Waals surface area contributed by atoms with E-state index < -0.39 is 0 Å². The molecule has 0 saturated carbocycles. The zero-order valence-electron chi connectivity index (χ0n) is 14.1. The second-order valence-corrected chi connectivity index (χ2v) is 6.02. The molecule has 22 heavy (non-hydrogen) atoms. The number of hydrogen-bond donors (Lipinski definition) is 1. The molecule has 1 saturated heterocycles. The average molecular weight is 421 g/mol. The van der Waals surface area contributed by atoms with Gasteiger partial charge in [0.15, 0.2) is 11.8 Å². The van der Waals surface area contributed by atoms with E-state index >= 15 is 0 Å². The molecule has 1 fully saturated rings. The minimum atomic E-state index is 0. The van der Waals surface area contributed by atoms with Gasteiger partial charge in [0.25, 0.3) is 0 Å². The molecule has 126 valence electrons. The second-order valence-electron chi connectivity index (χ2n) is 6.02. The summed E-state index contributed by atoms with van der Waals surface area (Å²) in [5.74, 6) is 2.44. The highest BCUT2D eigenvalue weighted by atomic mass is 127. The lowest BCUT2D eigenvalue weighted by Crippen LogP contribution is -2.41. The van der Waals surface area contributed by atoms with Gasteiger partial charge in [0, 0.05) is 39.5 Å². The Hall–Kier alpha value is -0.860. The average Bonchev–Trinajstić information content (AvgIpc) is 3.11. The Kier molecular flexibility index (Phi) is 7.58. The van der Waals surface area contributed by atoms with E-state index in [0.717, 1.165) is 44.3 Å². The number of likely N-dealkylation sites (tertiary alicyclic amines) is 1. The van der Waals surface area contributed by atoms with Crippen LogP contribution in [0.4, 0.5) is 0 Å². The molecule has 1 aromatic rings. The Morgan fingerprint density at radius 3 is 2.77 bits per heavy atom. The fourth-order valence-electron chi connectivity index (χ4n) is 2.65. The fourth-order valence-corrected chi connectivity index (χ4v) is 2.65. The number of aliphatic imine (C=N–C) groups is 1. The molecular formula is C15H28IN5O. The van der Waals surface area contributed by atoms with Gasteiger partial charge in [0.2, 0.25) is 5.89 Å². The van der Waals surface area contributed by atoms with Crippen molar-refractivity contribution in [2.45, 2.75) is 46.5 Å². The van der Waals surface area contributed by atoms with Crippen molar-refractivity contribution in [1.29, 1.82) is 0 Å². The van der Waals surface area contributed by atoms with Crippen LogP contribution < -0.4 is 5.32 Å². The van der Waals surface area contributed by atoms with E-state index in [0.29, 0.717) is 11.3 Å². The van der Waals surface area contributed by atoms with Gasteiger partial charge in [0.05, 0.1) is 0 Å². The fraction of sp³-hybridized carbons (Fsp3) is 0.800. The molecule has 1 aliphatic heterocycles. The number of nitrogens with zero attached hydrogens (tertiary/aromatic N) is 4. The molecule has 2 rings (SSSR count). The van der Waals surface area contributed by atoms with Crippen LogP contribution in [0.5, 0.6) is 0 Å². The lowest BCUT2D eigenvalue weighted by Gasteiger charge is -2.25. The number of nitrogens with one attached hydrogen (secondary N) is 1. The Labute approximate surface area is 150 Å². The van der Waals surface area contributed by atoms with E-state index in [4.69, 9.17) is 4.52 Å². The SMILES string of the molecule is CCc1nc(CCNC(=NC)N2CCC(C)(CC)C2)no1.I. The van der Waals surface area contributed by atoms with Crippen molar-refractivity contribution >= 4 is 29.9 Å². The Bertz CT molecular complexity index is 490. The summed E-state index contributed by atoms with van der Waals surface area (Å²) < 4.78 is 5.11. The van der Waals surface area contributed by atoms with Crippen molar-refractivity contribution in [2.24, 2.45) is 10.4 Å². The summed E-state index contributed by atoms with van der Waals surface area (Å²) in [5.41, 5.74) is 0.418. The molecule has 0 radical (unpaired) electrons. The van der Waals surface area contributed by atoms with Crippen molar-refractivity contribution in [1.82, 2.24) is 20.4 Å². The minimum Gasteiger partial charge on any atom is -0.356 e. The molecule has 1 aromatic heterocycles. The Morgan fingerprint density at radius 1 is 1.45 bits per heavy atom. The van der Waals surface area contributed by atoms with E-state index in [9.17, 15) is 0 Å². The first kappa shape index (κ1) is 19.2. The van der Waals surface area contributed by atoms with Gasteiger partial charge in [0.1, 0.15) is 0 Å². The van der Waals surface area contributed by atoms with Gasteiger partial charge < -0.3 is 14.7 Å². The highest BCUT2D eigenvalue weighted by molar-refractivity contribution is 14.0. The number of aromatic nitrogens is 2. The Morgan fingerprint density at radius 2 is 2.23 bits per heavy atom. The predicted octanol–water partition coefficient (Wildman–Crippen LogP) is 2.49. The van der Waals surface area contributed by atoms with Gasteiger partial charge in [-0.25, -0.2) is 0 Å². The van der Waals surface area contributed by atoms with Crippen LogP contribution in [0.25, 0.3) is 0 Å². The number of rotatable bonds is 5. The molecule has 0 amide bonds. The predicted molar refractivity (Wildman–Crippen MR) is 98.7 cm³/mol. The highest BCUT2D eigenvalue weighted by Crippen LogP contribution is 2.32. The molecule has 6 nitrogen and oxygen atoms in total. The standard InChI is InChI=1S/C15H27N5O.HI/c1-5-13-18-12(19-21-13)7-9-17-14(16-4)20-10-8-15(3,6-2)11-20;/h5-11H2,1-4H3,(H,16,17);1H. The van der Waals surface area contributed by atoms with Crippen LogP contribution >= 0.6 is 24.0 Å². The van der Waals surface area contributed by atoms with Crippen molar-refractivity contribution in [3.63, 3.8) is 0 Å². The highest BCUT2D eigenvalue weighted by Gasteiger charge is 2.33. The van der Waals surface area contributed by atoms with E-state index in [1.54, 1.807) is 0 Å². The summed E-state index contributed by atoms with van der Waals surface area (Å²) in [7, 11) is 1.84. The van der Waals surface area contributed by atoms with E-state index in [1.807, 2.05) is 14.0 Å². The molecule has 0 bridgehead atoms. The van der Waals surface area contributed by atoms with Crippen molar-refractivity contribution in [3.8, 4) is 0 Å². The van der Waals surface area contributed by atoms with Gasteiger partial charge in [-0.2, -0.15) is 4.98 Å². The molecule has 0 aliphatic carbocycles. The summed E-state index contributed by atoms with van der Waals surface area (Å²) in [5, 5.41) is 7.37. The molecule has 1 aliphatic rings. The van der Waals surface area contributed by atoms with Gasteiger partial charge in [-0.05, 0) is 18.3 Å². The van der Waals surface area contributed by atoms with Gasteiger partial charge in [-0.3, -0.25) is 4.99 Å². The van der Waals surface area contributed by atoms with Gasteiger partial charge in [-0.1, -0.05) is 25.9 Å². The molecule has 1 unspecified atom stereocenters. The zero-order valence-corrected chi connectivity index (χ0v) is 16.4. The maximum atomic E-state index is 5.11. The quantitative estimate of drug-likeness (QED) is 0.450. The Balaban J connectivity index is 0.00000242. The van der Waals surface area contributed by atoms with Crippen LogP contribution in [-0.2, 0) is 12.8 Å². The van der Waals surface area contributed by atoms with E-state index in [2.05, 4.69) is 39.2 Å². The molecule has 0 aromatic carbocycles. The summed E-state index contributed by atoms with van der Waals surface area (Å²) in [6.45, 7) is 9.55. The molecule has 7 heteroatoms. The third-order valence-corrected chi connectivity index (χ3v) is 4.37. The maximum Gasteiger partial charge on any atom is 0.226 e. The van der Waals surface area contributed by atoms with Crippen molar-refractivity contribution in [2.75, 3.05) is 26.7 Å². The smallest absolute Gasteiger partial charge is 0.226 e. The number of aryl methyl sites for hydroxylation is 1. The van der Waals surface area contributed by atoms with Crippen molar-refractivity contribution in [3.05, 3.63) is 11.7 Å². The first-order valence-electron chi connectivity index (χ1n) is 7.87. The third-order valence-electron chi connectivity index (χ3n) is 4.37. The van der Waals surface area contributed by atoms with Gasteiger partial charge >= 0.3 is 0 Å². The number of guanidine groups is 1. The lowest BCUT2D eigenvalue weighted by molar-refractivity contribution is 0.322. The number of halogens is 1. The monoisotopic (exact) mass is 421 g/mol. The van der Waals surface area contributed by atoms with E-state index in [1.165, 1.54) is 12.8 Å². The molecule has 1 N–H and O–H groups in total. The first-order chi connectivity index (χ1) is 10.1. The van der Waals surface area contributed by atoms with Crippen LogP contribution in [0.15, 0.2) is 9.52 Å². The van der Waals surface area contributed by atoms with Crippen LogP contribution in [0.3, 0.4) is 0 Å². The molecule has 1 atom stereocenters. The lowest BCUT2D eigenvalue weighted by atomic mass is 9.87. The second kappa shape index (κ2) is 8.69. The summed E-state index contributed by atoms with van der Waals surface area (Å²) in [6.07, 6.45) is 3.98. The summed E-state index contributed by atoms with van der Waals surface area (Å²) >= 11 is 0. The van der Waals surface area contributed by atoms with Crippen molar-refractivity contribution < 1.29 is 4.52 Å². The first-order valence-corrected chi connectivity index (χ1v) is 7.87. The molecular weight excluding hydrogens is 393 g/mol. The van der Waals surface area contributed by atoms with Crippen LogP contribution in [0, 0.1) is 5.41 Å². The van der Waals surface area contributed by atoms with Crippen LogP contribution in [0.1, 0.15) is 45.3 Å². The largest absolute Gasteiger partial charge is 0.356 e. The topological polar surface area (TPSA) is 66.6 Å². The van der Waals surface area contributed by atoms with Crippen LogP contribution in [0.2, 0.25) is 0 Å². The summed E-state index contributed by atoms with van der Waals surface area (Å²) in [6, 6.07) is 0. The molecule has 0 spiro atoms. The normalized spacial score (nSPS) is 21.8. The zero-order chi connectivity index (χ0) is 15.3. The van der Waals surface area contributed by atoms with Crippen LogP contribution in [-0.4, -0.2) is 47.7 Å². The maximum absolute atomic E-state index is 5.11. The third kappa shape index (κ3) is 4.82.